The van der Waals surface area contributed by atoms with Crippen LogP contribution in [0.25, 0.3) is 0 Å². The Morgan fingerprint density at radius 1 is 1.00 bits per heavy atom. The van der Waals surface area contributed by atoms with Gasteiger partial charge >= 0.3 is 0 Å². The molecule has 3 N–H and O–H groups in total. The number of hydrogen-bond acceptors (Lipinski definition) is 3. The van der Waals surface area contributed by atoms with E-state index < -0.39 is 5.92 Å². The second kappa shape index (κ2) is 10.9. The molecule has 0 amide bonds. The van der Waals surface area contributed by atoms with Crippen molar-refractivity contribution in [3.63, 3.8) is 0 Å². The van der Waals surface area contributed by atoms with E-state index in [2.05, 4.69) is 16.9 Å². The van der Waals surface area contributed by atoms with Crippen molar-refractivity contribution < 1.29 is 13.2 Å². The molecule has 0 aliphatic carbocycles. The Hall–Kier alpha value is -3.80. The third-order valence-electron chi connectivity index (χ3n) is 5.18. The molecule has 3 aromatic rings. The van der Waals surface area contributed by atoms with Crippen LogP contribution in [0.5, 0.6) is 0 Å². The number of hydrogen-bond donors (Lipinski definition) is 2. The standard InChI is InChI=1S/C28H28F3N3/c1-4-28(30,31)23-9-5-21(6-10-23)18-20(3)33-25-13-15-26(16-14-25)34-27(17-19(2)32)22-7-11-24(29)12-8-22/h5-17,33H,3-4,18,32H2,1-2H3. The van der Waals surface area contributed by atoms with E-state index in [1.54, 1.807) is 37.3 Å². The molecule has 0 aliphatic heterocycles. The maximum Gasteiger partial charge on any atom is 0.273 e. The quantitative estimate of drug-likeness (QED) is 0.323. The van der Waals surface area contributed by atoms with Crippen LogP contribution in [0.2, 0.25) is 0 Å². The van der Waals surface area contributed by atoms with E-state index in [9.17, 15) is 13.2 Å². The first-order chi connectivity index (χ1) is 16.2. The molecular formula is C28H28F3N3. The Balaban J connectivity index is 1.68. The molecule has 176 valence electrons. The van der Waals surface area contributed by atoms with Gasteiger partial charge in [0, 0.05) is 41.1 Å². The lowest BCUT2D eigenvalue weighted by Crippen LogP contribution is -2.11. The molecule has 0 radical (unpaired) electrons. The highest BCUT2D eigenvalue weighted by atomic mass is 19.3. The van der Waals surface area contributed by atoms with Crippen LogP contribution < -0.4 is 11.1 Å². The van der Waals surface area contributed by atoms with E-state index in [1.807, 2.05) is 24.3 Å². The Morgan fingerprint density at radius 3 is 2.18 bits per heavy atom. The highest BCUT2D eigenvalue weighted by molar-refractivity contribution is 6.10. The van der Waals surface area contributed by atoms with E-state index in [0.717, 1.165) is 22.5 Å². The first-order valence-electron chi connectivity index (χ1n) is 11.0. The van der Waals surface area contributed by atoms with Gasteiger partial charge in [-0.05, 0) is 67.1 Å². The van der Waals surface area contributed by atoms with Crippen molar-refractivity contribution in [3.8, 4) is 0 Å². The van der Waals surface area contributed by atoms with Gasteiger partial charge in [0.15, 0.2) is 0 Å². The van der Waals surface area contributed by atoms with Crippen molar-refractivity contribution in [2.24, 2.45) is 10.7 Å². The molecule has 3 nitrogen and oxygen atoms in total. The molecule has 0 bridgehead atoms. The van der Waals surface area contributed by atoms with E-state index in [1.165, 1.54) is 31.2 Å². The first-order valence-corrected chi connectivity index (χ1v) is 11.0. The fourth-order valence-electron chi connectivity index (χ4n) is 3.34. The second-order valence-electron chi connectivity index (χ2n) is 8.10. The number of nitrogens with zero attached hydrogens (tertiary/aromatic N) is 1. The summed E-state index contributed by atoms with van der Waals surface area (Å²) in [4.78, 5) is 4.65. The van der Waals surface area contributed by atoms with Gasteiger partial charge in [-0.15, -0.1) is 0 Å². The van der Waals surface area contributed by atoms with Crippen molar-refractivity contribution in [1.82, 2.24) is 0 Å². The molecular weight excluding hydrogens is 435 g/mol. The van der Waals surface area contributed by atoms with Crippen LogP contribution in [0.1, 0.15) is 37.0 Å². The highest BCUT2D eigenvalue weighted by Gasteiger charge is 2.28. The lowest BCUT2D eigenvalue weighted by molar-refractivity contribution is -0.00829. The van der Waals surface area contributed by atoms with Crippen LogP contribution in [0.4, 0.5) is 24.5 Å². The van der Waals surface area contributed by atoms with Gasteiger partial charge in [0.1, 0.15) is 5.82 Å². The molecule has 0 unspecified atom stereocenters. The van der Waals surface area contributed by atoms with Gasteiger partial charge in [-0.3, -0.25) is 0 Å². The van der Waals surface area contributed by atoms with Gasteiger partial charge in [-0.2, -0.15) is 0 Å². The molecule has 0 atom stereocenters. The number of halogens is 3. The average Bonchev–Trinajstić information content (AvgIpc) is 2.80. The summed E-state index contributed by atoms with van der Waals surface area (Å²) in [6.07, 6.45) is 2.02. The molecule has 0 fully saturated rings. The minimum Gasteiger partial charge on any atom is -0.402 e. The minimum absolute atomic E-state index is 0.0214. The van der Waals surface area contributed by atoms with Crippen LogP contribution in [0.15, 0.2) is 102 Å². The molecule has 3 aromatic carbocycles. The summed E-state index contributed by atoms with van der Waals surface area (Å²) in [5.41, 5.74) is 11.0. The summed E-state index contributed by atoms with van der Waals surface area (Å²) in [6, 6.07) is 19.9. The predicted octanol–water partition coefficient (Wildman–Crippen LogP) is 7.48. The van der Waals surface area contributed by atoms with E-state index >= 15 is 0 Å². The number of rotatable bonds is 9. The Morgan fingerprint density at radius 2 is 1.62 bits per heavy atom. The second-order valence-corrected chi connectivity index (χ2v) is 8.10. The number of nitrogens with one attached hydrogen (secondary N) is 1. The summed E-state index contributed by atoms with van der Waals surface area (Å²) < 4.78 is 40.9. The number of nitrogens with two attached hydrogens (primary N) is 1. The van der Waals surface area contributed by atoms with Crippen molar-refractivity contribution in [3.05, 3.63) is 119 Å². The first kappa shape index (κ1) is 24.8. The number of aliphatic imine (C=N–C) groups is 1. The summed E-state index contributed by atoms with van der Waals surface area (Å²) in [7, 11) is 0. The lowest BCUT2D eigenvalue weighted by atomic mass is 10.0. The molecule has 3 rings (SSSR count). The molecule has 0 spiro atoms. The van der Waals surface area contributed by atoms with Crippen LogP contribution >= 0.6 is 0 Å². The van der Waals surface area contributed by atoms with Gasteiger partial charge in [-0.25, -0.2) is 18.2 Å². The van der Waals surface area contributed by atoms with Gasteiger partial charge in [-0.1, -0.05) is 37.8 Å². The molecule has 6 heteroatoms. The zero-order chi connectivity index (χ0) is 24.7. The van der Waals surface area contributed by atoms with Crippen LogP contribution in [-0.2, 0) is 12.3 Å². The Bertz CT molecular complexity index is 1170. The van der Waals surface area contributed by atoms with Gasteiger partial charge < -0.3 is 11.1 Å². The van der Waals surface area contributed by atoms with Crippen molar-refractivity contribution >= 4 is 17.1 Å². The van der Waals surface area contributed by atoms with Gasteiger partial charge in [0.05, 0.1) is 11.4 Å². The van der Waals surface area contributed by atoms with E-state index in [-0.39, 0.29) is 17.8 Å². The Kier molecular flexibility index (Phi) is 7.95. The number of anilines is 1. The number of alkyl halides is 2. The minimum atomic E-state index is -2.81. The van der Waals surface area contributed by atoms with Gasteiger partial charge in [0.2, 0.25) is 0 Å². The molecule has 0 aromatic heterocycles. The Labute approximate surface area is 198 Å². The lowest BCUT2D eigenvalue weighted by Gasteiger charge is -2.15. The summed E-state index contributed by atoms with van der Waals surface area (Å²) in [5.74, 6) is -3.13. The van der Waals surface area contributed by atoms with Crippen molar-refractivity contribution in [2.45, 2.75) is 32.6 Å². The molecule has 0 saturated carbocycles. The fourth-order valence-corrected chi connectivity index (χ4v) is 3.34. The monoisotopic (exact) mass is 463 g/mol. The van der Waals surface area contributed by atoms with Crippen LogP contribution in [-0.4, -0.2) is 5.71 Å². The van der Waals surface area contributed by atoms with E-state index in [4.69, 9.17) is 5.73 Å². The summed E-state index contributed by atoms with van der Waals surface area (Å²) >= 11 is 0. The maximum absolute atomic E-state index is 13.8. The third kappa shape index (κ3) is 6.85. The van der Waals surface area contributed by atoms with Gasteiger partial charge in [0.25, 0.3) is 5.92 Å². The summed E-state index contributed by atoms with van der Waals surface area (Å²) in [6.45, 7) is 7.28. The smallest absolute Gasteiger partial charge is 0.273 e. The topological polar surface area (TPSA) is 50.4 Å². The highest BCUT2D eigenvalue weighted by Crippen LogP contribution is 2.31. The third-order valence-corrected chi connectivity index (χ3v) is 5.18. The van der Waals surface area contributed by atoms with E-state index in [0.29, 0.717) is 23.5 Å². The van der Waals surface area contributed by atoms with Crippen molar-refractivity contribution in [1.29, 1.82) is 0 Å². The zero-order valence-corrected chi connectivity index (χ0v) is 19.3. The molecule has 34 heavy (non-hydrogen) atoms. The van der Waals surface area contributed by atoms with Crippen molar-refractivity contribution in [2.75, 3.05) is 5.32 Å². The number of benzene rings is 3. The fraction of sp³-hybridized carbons (Fsp3) is 0.179. The van der Waals surface area contributed by atoms with Crippen LogP contribution in [0, 0.1) is 5.82 Å². The molecule has 0 heterocycles. The SMILES string of the molecule is C=C(Cc1ccc(C(F)(F)CC)cc1)Nc1ccc(N=C(C=C(C)N)c2ccc(F)cc2)cc1. The zero-order valence-electron chi connectivity index (χ0n) is 19.3. The summed E-state index contributed by atoms with van der Waals surface area (Å²) in [5, 5.41) is 3.23. The van der Waals surface area contributed by atoms with Crippen LogP contribution in [0.3, 0.4) is 0 Å². The average molecular weight is 464 g/mol. The largest absolute Gasteiger partial charge is 0.402 e. The molecule has 0 saturated heterocycles. The normalized spacial score (nSPS) is 12.5. The molecule has 0 aliphatic rings. The predicted molar refractivity (Wildman–Crippen MR) is 134 cm³/mol. The maximum atomic E-state index is 13.8. The number of allylic oxidation sites excluding steroid dienone is 3.